The Balaban J connectivity index is 0.000000288. The fourth-order valence-corrected chi connectivity index (χ4v) is 0.824. The van der Waals surface area contributed by atoms with Crippen molar-refractivity contribution in [2.24, 2.45) is 0 Å². The Labute approximate surface area is 91.0 Å². The van der Waals surface area contributed by atoms with E-state index in [4.69, 9.17) is 10.2 Å². The van der Waals surface area contributed by atoms with Gasteiger partial charge >= 0.3 is 23.9 Å². The molecule has 0 aromatic heterocycles. The van der Waals surface area contributed by atoms with Crippen molar-refractivity contribution in [3.63, 3.8) is 0 Å². The molecule has 0 saturated carbocycles. The SMILES string of the molecule is O=C(O)CCCC(=O)O.O=C1CCC(=O)O1. The molecule has 1 aliphatic rings. The summed E-state index contributed by atoms with van der Waals surface area (Å²) in [6.45, 7) is 0. The number of carboxylic acid groups (broad SMARTS) is 2. The van der Waals surface area contributed by atoms with Crippen LogP contribution in [0.2, 0.25) is 0 Å². The van der Waals surface area contributed by atoms with Gasteiger partial charge in [0.1, 0.15) is 0 Å². The number of cyclic esters (lactones) is 2. The predicted octanol–water partition coefficient (Wildman–Crippen LogP) is 0.176. The van der Waals surface area contributed by atoms with Crippen molar-refractivity contribution >= 4 is 23.9 Å². The highest BCUT2D eigenvalue weighted by Gasteiger charge is 2.19. The third-order valence-corrected chi connectivity index (χ3v) is 1.54. The van der Waals surface area contributed by atoms with Gasteiger partial charge in [-0.05, 0) is 6.42 Å². The molecular weight excluding hydrogens is 220 g/mol. The van der Waals surface area contributed by atoms with Crippen molar-refractivity contribution in [2.45, 2.75) is 32.1 Å². The Morgan fingerprint density at radius 2 is 1.38 bits per heavy atom. The van der Waals surface area contributed by atoms with E-state index in [1.807, 2.05) is 0 Å². The van der Waals surface area contributed by atoms with E-state index in [1.54, 1.807) is 0 Å². The number of aliphatic carboxylic acids is 2. The summed E-state index contributed by atoms with van der Waals surface area (Å²) in [5.41, 5.74) is 0. The molecule has 0 aromatic carbocycles. The van der Waals surface area contributed by atoms with Crippen LogP contribution >= 0.6 is 0 Å². The molecule has 16 heavy (non-hydrogen) atoms. The molecule has 1 saturated heterocycles. The summed E-state index contributed by atoms with van der Waals surface area (Å²) in [7, 11) is 0. The molecule has 0 amide bonds. The van der Waals surface area contributed by atoms with Gasteiger partial charge in [-0.3, -0.25) is 19.2 Å². The smallest absolute Gasteiger partial charge is 0.314 e. The summed E-state index contributed by atoms with van der Waals surface area (Å²) in [6, 6.07) is 0. The molecule has 1 heterocycles. The molecule has 0 aromatic rings. The molecule has 1 fully saturated rings. The van der Waals surface area contributed by atoms with Gasteiger partial charge in [0.15, 0.2) is 0 Å². The van der Waals surface area contributed by atoms with Crippen molar-refractivity contribution < 1.29 is 34.1 Å². The first-order chi connectivity index (χ1) is 7.41. The summed E-state index contributed by atoms with van der Waals surface area (Å²) >= 11 is 0. The highest BCUT2D eigenvalue weighted by atomic mass is 16.6. The lowest BCUT2D eigenvalue weighted by Gasteiger charge is -1.89. The number of carbonyl (C=O) groups excluding carboxylic acids is 2. The zero-order valence-electron chi connectivity index (χ0n) is 8.47. The molecule has 0 aliphatic carbocycles. The predicted molar refractivity (Wildman–Crippen MR) is 49.5 cm³/mol. The molecule has 0 radical (unpaired) electrons. The van der Waals surface area contributed by atoms with Gasteiger partial charge in [0, 0.05) is 12.8 Å². The van der Waals surface area contributed by atoms with Crippen LogP contribution in [-0.4, -0.2) is 34.1 Å². The van der Waals surface area contributed by atoms with E-state index < -0.39 is 23.9 Å². The number of esters is 2. The Kier molecular flexibility index (Phi) is 6.50. The van der Waals surface area contributed by atoms with Gasteiger partial charge in [0.2, 0.25) is 0 Å². The Morgan fingerprint density at radius 1 is 1.00 bits per heavy atom. The number of carbonyl (C=O) groups is 4. The van der Waals surface area contributed by atoms with Crippen LogP contribution < -0.4 is 0 Å². The van der Waals surface area contributed by atoms with E-state index in [9.17, 15) is 19.2 Å². The molecule has 0 bridgehead atoms. The number of hydrogen-bond donors (Lipinski definition) is 2. The Morgan fingerprint density at radius 3 is 1.56 bits per heavy atom. The van der Waals surface area contributed by atoms with Gasteiger partial charge in [-0.25, -0.2) is 0 Å². The van der Waals surface area contributed by atoms with Crippen LogP contribution in [0.15, 0.2) is 0 Å². The third kappa shape index (κ3) is 8.67. The van der Waals surface area contributed by atoms with Crippen molar-refractivity contribution in [3.8, 4) is 0 Å². The summed E-state index contributed by atoms with van der Waals surface area (Å²) in [6.07, 6.45) is 0.612. The van der Waals surface area contributed by atoms with E-state index >= 15 is 0 Å². The minimum absolute atomic E-state index is 0.0632. The van der Waals surface area contributed by atoms with Gasteiger partial charge in [0.25, 0.3) is 0 Å². The van der Waals surface area contributed by atoms with Crippen LogP contribution in [0.5, 0.6) is 0 Å². The van der Waals surface area contributed by atoms with Crippen LogP contribution in [0.3, 0.4) is 0 Å². The summed E-state index contributed by atoms with van der Waals surface area (Å²) < 4.78 is 4.08. The third-order valence-electron chi connectivity index (χ3n) is 1.54. The van der Waals surface area contributed by atoms with Crippen molar-refractivity contribution in [1.82, 2.24) is 0 Å². The lowest BCUT2D eigenvalue weighted by Crippen LogP contribution is -1.98. The second kappa shape index (κ2) is 7.38. The minimum Gasteiger partial charge on any atom is -0.481 e. The van der Waals surface area contributed by atoms with Gasteiger partial charge in [-0.15, -0.1) is 0 Å². The Bertz CT molecular complexity index is 266. The van der Waals surface area contributed by atoms with E-state index in [0.717, 1.165) is 0 Å². The monoisotopic (exact) mass is 232 g/mol. The first-order valence-corrected chi connectivity index (χ1v) is 4.59. The van der Waals surface area contributed by atoms with E-state index in [2.05, 4.69) is 4.74 Å². The molecule has 7 nitrogen and oxygen atoms in total. The maximum Gasteiger partial charge on any atom is 0.314 e. The summed E-state index contributed by atoms with van der Waals surface area (Å²) in [5.74, 6) is -2.69. The maximum absolute atomic E-state index is 10.0. The van der Waals surface area contributed by atoms with Crippen LogP contribution in [0, 0.1) is 0 Å². The molecule has 1 aliphatic heterocycles. The molecule has 7 heteroatoms. The maximum atomic E-state index is 10.0. The molecule has 1 rings (SSSR count). The first kappa shape index (κ1) is 14.1. The Hall–Kier alpha value is -1.92. The van der Waals surface area contributed by atoms with Gasteiger partial charge < -0.3 is 14.9 Å². The molecule has 0 atom stereocenters. The highest BCUT2D eigenvalue weighted by Crippen LogP contribution is 2.03. The van der Waals surface area contributed by atoms with Crippen LogP contribution in [0.4, 0.5) is 0 Å². The number of carboxylic acids is 2. The summed E-state index contributed by atoms with van der Waals surface area (Å²) in [4.78, 5) is 39.6. The lowest BCUT2D eigenvalue weighted by molar-refractivity contribution is -0.152. The minimum atomic E-state index is -0.948. The quantitative estimate of drug-likeness (QED) is 0.524. The lowest BCUT2D eigenvalue weighted by atomic mass is 10.2. The van der Waals surface area contributed by atoms with Crippen LogP contribution in [-0.2, 0) is 23.9 Å². The van der Waals surface area contributed by atoms with Crippen LogP contribution in [0.25, 0.3) is 0 Å². The second-order valence-electron chi connectivity index (χ2n) is 2.99. The molecule has 0 spiro atoms. The highest BCUT2D eigenvalue weighted by molar-refractivity contribution is 5.92. The number of hydrogen-bond acceptors (Lipinski definition) is 5. The number of ether oxygens (including phenoxy) is 1. The zero-order chi connectivity index (χ0) is 12.6. The summed E-state index contributed by atoms with van der Waals surface area (Å²) in [5, 5.41) is 16.1. The fourth-order valence-electron chi connectivity index (χ4n) is 0.824. The second-order valence-corrected chi connectivity index (χ2v) is 2.99. The van der Waals surface area contributed by atoms with Gasteiger partial charge in [0.05, 0.1) is 12.8 Å². The van der Waals surface area contributed by atoms with E-state index in [0.29, 0.717) is 0 Å². The molecule has 0 unspecified atom stereocenters. The number of rotatable bonds is 4. The first-order valence-electron chi connectivity index (χ1n) is 4.59. The van der Waals surface area contributed by atoms with Crippen molar-refractivity contribution in [2.75, 3.05) is 0 Å². The largest absolute Gasteiger partial charge is 0.481 e. The average Bonchev–Trinajstić information content (AvgIpc) is 2.49. The zero-order valence-corrected chi connectivity index (χ0v) is 8.47. The molecular formula is C9H12O7. The standard InChI is InChI=1S/C5H8O4.C4H4O3/c6-4(7)2-1-3-5(8)9;5-3-1-2-4(6)7-3/h1-3H2,(H,6,7)(H,8,9);1-2H2. The average molecular weight is 232 g/mol. The normalized spacial score (nSPS) is 13.8. The van der Waals surface area contributed by atoms with Crippen molar-refractivity contribution in [3.05, 3.63) is 0 Å². The van der Waals surface area contributed by atoms with E-state index in [1.165, 1.54) is 0 Å². The van der Waals surface area contributed by atoms with Gasteiger partial charge in [-0.1, -0.05) is 0 Å². The topological polar surface area (TPSA) is 118 Å². The van der Waals surface area contributed by atoms with Gasteiger partial charge in [-0.2, -0.15) is 0 Å². The van der Waals surface area contributed by atoms with Crippen molar-refractivity contribution in [1.29, 1.82) is 0 Å². The van der Waals surface area contributed by atoms with Crippen LogP contribution in [0.1, 0.15) is 32.1 Å². The van der Waals surface area contributed by atoms with E-state index in [-0.39, 0.29) is 32.1 Å². The molecule has 90 valence electrons. The molecule has 2 N–H and O–H groups in total. The fraction of sp³-hybridized carbons (Fsp3) is 0.556.